The standard InChI is InChI=1S/C15H20N4O3S/c1-12(2)18-10-15(17-11-18)23(20,21)19-8-6-13(9-19)22-14-5-3-4-7-16-14/h3-5,7,10-13H,6,8-9H2,1-2H3/t13-/m1/s1. The molecule has 8 heteroatoms. The number of nitrogens with zero attached hydrogens (tertiary/aromatic N) is 4. The monoisotopic (exact) mass is 336 g/mol. The number of aromatic nitrogens is 3. The van der Waals surface area contributed by atoms with Crippen LogP contribution in [0, 0.1) is 0 Å². The third kappa shape index (κ3) is 3.37. The number of pyridine rings is 1. The highest BCUT2D eigenvalue weighted by atomic mass is 32.2. The quantitative estimate of drug-likeness (QED) is 0.830. The Morgan fingerprint density at radius 2 is 2.13 bits per heavy atom. The van der Waals surface area contributed by atoms with E-state index in [1.807, 2.05) is 26.0 Å². The second-order valence-electron chi connectivity index (χ2n) is 5.81. The van der Waals surface area contributed by atoms with Gasteiger partial charge in [0.15, 0.2) is 5.03 Å². The third-order valence-corrected chi connectivity index (χ3v) is 5.56. The van der Waals surface area contributed by atoms with Crippen molar-refractivity contribution in [1.29, 1.82) is 0 Å². The largest absolute Gasteiger partial charge is 0.473 e. The van der Waals surface area contributed by atoms with Gasteiger partial charge in [-0.3, -0.25) is 0 Å². The van der Waals surface area contributed by atoms with E-state index in [9.17, 15) is 8.42 Å². The van der Waals surface area contributed by atoms with Crippen molar-refractivity contribution in [3.05, 3.63) is 36.9 Å². The van der Waals surface area contributed by atoms with E-state index in [0.29, 0.717) is 25.4 Å². The summed E-state index contributed by atoms with van der Waals surface area (Å²) >= 11 is 0. The molecule has 23 heavy (non-hydrogen) atoms. The highest BCUT2D eigenvalue weighted by Gasteiger charge is 2.35. The summed E-state index contributed by atoms with van der Waals surface area (Å²) < 4.78 is 34.2. The van der Waals surface area contributed by atoms with Crippen molar-refractivity contribution in [3.8, 4) is 5.88 Å². The van der Waals surface area contributed by atoms with E-state index in [-0.39, 0.29) is 17.2 Å². The number of ether oxygens (including phenoxy) is 1. The normalized spacial score (nSPS) is 19.3. The fourth-order valence-electron chi connectivity index (χ4n) is 2.47. The van der Waals surface area contributed by atoms with Gasteiger partial charge in [0.1, 0.15) is 6.10 Å². The predicted molar refractivity (Wildman–Crippen MR) is 84.6 cm³/mol. The van der Waals surface area contributed by atoms with Crippen LogP contribution in [0.1, 0.15) is 26.3 Å². The third-order valence-electron chi connectivity index (χ3n) is 3.81. The summed E-state index contributed by atoms with van der Waals surface area (Å²) in [5.74, 6) is 0.515. The van der Waals surface area contributed by atoms with Gasteiger partial charge in [-0.2, -0.15) is 4.31 Å². The lowest BCUT2D eigenvalue weighted by molar-refractivity contribution is 0.207. The Morgan fingerprint density at radius 3 is 2.78 bits per heavy atom. The summed E-state index contributed by atoms with van der Waals surface area (Å²) in [6, 6.07) is 5.58. The van der Waals surface area contributed by atoms with Gasteiger partial charge in [0.2, 0.25) is 5.88 Å². The van der Waals surface area contributed by atoms with E-state index in [0.717, 1.165) is 0 Å². The Morgan fingerprint density at radius 1 is 1.30 bits per heavy atom. The summed E-state index contributed by atoms with van der Waals surface area (Å²) in [6.45, 7) is 4.69. The molecule has 0 spiro atoms. The summed E-state index contributed by atoms with van der Waals surface area (Å²) in [6.07, 6.45) is 5.23. The lowest BCUT2D eigenvalue weighted by Crippen LogP contribution is -2.31. The van der Waals surface area contributed by atoms with Crippen LogP contribution in [0.2, 0.25) is 0 Å². The molecule has 3 heterocycles. The summed E-state index contributed by atoms with van der Waals surface area (Å²) in [5, 5.41) is 0.0877. The van der Waals surface area contributed by atoms with Crippen molar-refractivity contribution < 1.29 is 13.2 Å². The summed E-state index contributed by atoms with van der Waals surface area (Å²) in [5.41, 5.74) is 0. The lowest BCUT2D eigenvalue weighted by Gasteiger charge is -2.15. The smallest absolute Gasteiger partial charge is 0.262 e. The zero-order valence-electron chi connectivity index (χ0n) is 13.2. The highest BCUT2D eigenvalue weighted by molar-refractivity contribution is 7.89. The zero-order valence-corrected chi connectivity index (χ0v) is 14.0. The second-order valence-corrected chi connectivity index (χ2v) is 7.70. The molecule has 0 aromatic carbocycles. The van der Waals surface area contributed by atoms with E-state index in [1.54, 1.807) is 29.4 Å². The number of imidazole rings is 1. The maximum atomic E-state index is 12.6. The van der Waals surface area contributed by atoms with E-state index in [2.05, 4.69) is 9.97 Å². The van der Waals surface area contributed by atoms with Crippen molar-refractivity contribution in [1.82, 2.24) is 18.8 Å². The van der Waals surface area contributed by atoms with Gasteiger partial charge in [-0.15, -0.1) is 0 Å². The number of rotatable bonds is 5. The molecule has 1 atom stereocenters. The maximum absolute atomic E-state index is 12.6. The van der Waals surface area contributed by atoms with E-state index >= 15 is 0 Å². The first-order chi connectivity index (χ1) is 11.0. The van der Waals surface area contributed by atoms with Crippen LogP contribution in [0.15, 0.2) is 41.9 Å². The van der Waals surface area contributed by atoms with Crippen LogP contribution in [-0.2, 0) is 10.0 Å². The van der Waals surface area contributed by atoms with E-state index < -0.39 is 10.0 Å². The molecule has 0 radical (unpaired) electrons. The predicted octanol–water partition coefficient (Wildman–Crippen LogP) is 1.70. The molecule has 7 nitrogen and oxygen atoms in total. The second kappa shape index (κ2) is 6.29. The Kier molecular flexibility index (Phi) is 4.36. The van der Waals surface area contributed by atoms with Crippen molar-refractivity contribution >= 4 is 10.0 Å². The molecule has 1 aliphatic rings. The van der Waals surface area contributed by atoms with Crippen LogP contribution in [0.5, 0.6) is 5.88 Å². The Bertz CT molecular complexity index is 758. The molecule has 0 N–H and O–H groups in total. The van der Waals surface area contributed by atoms with Gasteiger partial charge in [0.25, 0.3) is 10.0 Å². The van der Waals surface area contributed by atoms with E-state index in [1.165, 1.54) is 4.31 Å². The molecule has 2 aromatic rings. The van der Waals surface area contributed by atoms with Crippen LogP contribution in [-0.4, -0.2) is 46.5 Å². The zero-order chi connectivity index (χ0) is 16.4. The van der Waals surface area contributed by atoms with Crippen LogP contribution < -0.4 is 4.74 Å². The molecule has 1 fully saturated rings. The SMILES string of the molecule is CC(C)n1cnc(S(=O)(=O)N2CC[C@@H](Oc3ccccn3)C2)c1. The van der Waals surface area contributed by atoms with Crippen LogP contribution in [0.25, 0.3) is 0 Å². The first-order valence-corrected chi connectivity index (χ1v) is 9.02. The van der Waals surface area contributed by atoms with Crippen molar-refractivity contribution in [2.75, 3.05) is 13.1 Å². The molecule has 0 aliphatic carbocycles. The topological polar surface area (TPSA) is 77.3 Å². The van der Waals surface area contributed by atoms with Crippen molar-refractivity contribution in [2.45, 2.75) is 37.4 Å². The van der Waals surface area contributed by atoms with Gasteiger partial charge in [-0.1, -0.05) is 6.07 Å². The van der Waals surface area contributed by atoms with Crippen molar-refractivity contribution in [2.24, 2.45) is 0 Å². The molecule has 2 aromatic heterocycles. The molecule has 124 valence electrons. The van der Waals surface area contributed by atoms with Crippen molar-refractivity contribution in [3.63, 3.8) is 0 Å². The molecule has 0 amide bonds. The van der Waals surface area contributed by atoms with Gasteiger partial charge in [0.05, 0.1) is 12.9 Å². The summed E-state index contributed by atoms with van der Waals surface area (Å²) in [7, 11) is -3.58. The van der Waals surface area contributed by atoms with Gasteiger partial charge >= 0.3 is 0 Å². The molecule has 1 aliphatic heterocycles. The molecular weight excluding hydrogens is 316 g/mol. The van der Waals surface area contributed by atoms with Gasteiger partial charge in [-0.05, 0) is 26.3 Å². The molecule has 3 rings (SSSR count). The number of sulfonamides is 1. The van der Waals surface area contributed by atoms with Crippen LogP contribution in [0.3, 0.4) is 0 Å². The average Bonchev–Trinajstić information content (AvgIpc) is 3.18. The Balaban J connectivity index is 1.69. The lowest BCUT2D eigenvalue weighted by atomic mass is 10.3. The van der Waals surface area contributed by atoms with E-state index in [4.69, 9.17) is 4.74 Å². The highest BCUT2D eigenvalue weighted by Crippen LogP contribution is 2.23. The van der Waals surface area contributed by atoms with Crippen LogP contribution >= 0.6 is 0 Å². The van der Waals surface area contributed by atoms with Crippen LogP contribution in [0.4, 0.5) is 0 Å². The molecule has 0 saturated carbocycles. The molecule has 0 bridgehead atoms. The number of hydrogen-bond acceptors (Lipinski definition) is 5. The maximum Gasteiger partial charge on any atom is 0.262 e. The van der Waals surface area contributed by atoms with Gasteiger partial charge < -0.3 is 9.30 Å². The molecule has 0 unspecified atom stereocenters. The number of hydrogen-bond donors (Lipinski definition) is 0. The Labute approximate surface area is 136 Å². The minimum atomic E-state index is -3.58. The Hall–Kier alpha value is -1.93. The molecular formula is C15H20N4O3S. The average molecular weight is 336 g/mol. The fraction of sp³-hybridized carbons (Fsp3) is 0.467. The van der Waals surface area contributed by atoms with Gasteiger partial charge in [-0.25, -0.2) is 18.4 Å². The first kappa shape index (κ1) is 15.9. The van der Waals surface area contributed by atoms with Gasteiger partial charge in [0, 0.05) is 31.0 Å². The minimum absolute atomic E-state index is 0.0877. The fourth-order valence-corrected chi connectivity index (χ4v) is 3.87. The minimum Gasteiger partial charge on any atom is -0.473 e. The summed E-state index contributed by atoms with van der Waals surface area (Å²) in [4.78, 5) is 8.15. The first-order valence-electron chi connectivity index (χ1n) is 7.58. The molecule has 1 saturated heterocycles.